The Hall–Kier alpha value is -1.38. The van der Waals surface area contributed by atoms with Gasteiger partial charge in [0, 0.05) is 6.07 Å². The monoisotopic (exact) mass is 209 g/mol. The molecular formula is C12H19NO2. The molecule has 2 N–H and O–H groups in total. The van der Waals surface area contributed by atoms with Gasteiger partial charge in [-0.05, 0) is 25.0 Å². The molecule has 0 unspecified atom stereocenters. The second-order valence-corrected chi connectivity index (χ2v) is 3.40. The van der Waals surface area contributed by atoms with E-state index in [0.29, 0.717) is 18.9 Å². The Balaban J connectivity index is 2.61. The quantitative estimate of drug-likeness (QED) is 0.733. The van der Waals surface area contributed by atoms with Crippen molar-refractivity contribution in [2.75, 3.05) is 18.9 Å². The summed E-state index contributed by atoms with van der Waals surface area (Å²) in [6, 6.07) is 5.55. The van der Waals surface area contributed by atoms with Crippen molar-refractivity contribution >= 4 is 5.69 Å². The third kappa shape index (κ3) is 3.70. The zero-order valence-electron chi connectivity index (χ0n) is 9.45. The fraction of sp³-hybridized carbons (Fsp3) is 0.500. The first-order chi connectivity index (χ1) is 7.27. The Kier molecular flexibility index (Phi) is 4.81. The number of hydrogen-bond acceptors (Lipinski definition) is 3. The fourth-order valence-electron chi connectivity index (χ4n) is 1.18. The lowest BCUT2D eigenvalue weighted by Crippen LogP contribution is -2.00. The van der Waals surface area contributed by atoms with Gasteiger partial charge in [0.15, 0.2) is 0 Å². The Morgan fingerprint density at radius 1 is 1.07 bits per heavy atom. The molecule has 0 spiro atoms. The van der Waals surface area contributed by atoms with Gasteiger partial charge in [0.25, 0.3) is 0 Å². The minimum absolute atomic E-state index is 0.636. The summed E-state index contributed by atoms with van der Waals surface area (Å²) in [5.74, 6) is 1.54. The maximum atomic E-state index is 5.83. The predicted octanol–water partition coefficient (Wildman–Crippen LogP) is 2.85. The van der Waals surface area contributed by atoms with E-state index in [0.717, 1.165) is 24.3 Å². The molecule has 0 heterocycles. The van der Waals surface area contributed by atoms with Crippen molar-refractivity contribution < 1.29 is 9.47 Å². The van der Waals surface area contributed by atoms with E-state index in [2.05, 4.69) is 13.8 Å². The molecule has 0 aliphatic rings. The van der Waals surface area contributed by atoms with Crippen molar-refractivity contribution in [1.82, 2.24) is 0 Å². The lowest BCUT2D eigenvalue weighted by molar-refractivity contribution is 0.310. The van der Waals surface area contributed by atoms with Crippen LogP contribution in [-0.4, -0.2) is 13.2 Å². The topological polar surface area (TPSA) is 44.5 Å². The standard InChI is InChI=1S/C12H19NO2/c1-3-7-14-10-5-6-12(11(13)9-10)15-8-4-2/h5-6,9H,3-4,7-8,13H2,1-2H3. The lowest BCUT2D eigenvalue weighted by Gasteiger charge is -2.10. The van der Waals surface area contributed by atoms with Gasteiger partial charge in [0.05, 0.1) is 18.9 Å². The number of benzene rings is 1. The van der Waals surface area contributed by atoms with Gasteiger partial charge in [-0.25, -0.2) is 0 Å². The maximum Gasteiger partial charge on any atom is 0.142 e. The van der Waals surface area contributed by atoms with Crippen molar-refractivity contribution in [3.8, 4) is 11.5 Å². The molecule has 1 rings (SSSR count). The van der Waals surface area contributed by atoms with Crippen LogP contribution < -0.4 is 15.2 Å². The number of hydrogen-bond donors (Lipinski definition) is 1. The van der Waals surface area contributed by atoms with Gasteiger partial charge in [0.2, 0.25) is 0 Å². The summed E-state index contributed by atoms with van der Waals surface area (Å²) in [6.07, 6.45) is 1.97. The molecule has 0 saturated heterocycles. The van der Waals surface area contributed by atoms with Crippen LogP contribution in [0.3, 0.4) is 0 Å². The van der Waals surface area contributed by atoms with Gasteiger partial charge in [-0.3, -0.25) is 0 Å². The van der Waals surface area contributed by atoms with Gasteiger partial charge in [-0.1, -0.05) is 13.8 Å². The summed E-state index contributed by atoms with van der Waals surface area (Å²) in [7, 11) is 0. The minimum Gasteiger partial charge on any atom is -0.494 e. The van der Waals surface area contributed by atoms with E-state index in [1.165, 1.54) is 0 Å². The molecule has 3 heteroatoms. The normalized spacial score (nSPS) is 10.0. The maximum absolute atomic E-state index is 5.83. The highest BCUT2D eigenvalue weighted by Gasteiger charge is 2.01. The molecule has 15 heavy (non-hydrogen) atoms. The van der Waals surface area contributed by atoms with E-state index in [-0.39, 0.29) is 0 Å². The molecule has 3 nitrogen and oxygen atoms in total. The molecule has 1 aromatic carbocycles. The number of ether oxygens (including phenoxy) is 2. The molecule has 1 aromatic rings. The van der Waals surface area contributed by atoms with Crippen molar-refractivity contribution in [2.45, 2.75) is 26.7 Å². The van der Waals surface area contributed by atoms with E-state index in [4.69, 9.17) is 15.2 Å². The first kappa shape index (κ1) is 11.7. The lowest BCUT2D eigenvalue weighted by atomic mass is 10.3. The van der Waals surface area contributed by atoms with Gasteiger partial charge in [0.1, 0.15) is 11.5 Å². The first-order valence-electron chi connectivity index (χ1n) is 5.43. The van der Waals surface area contributed by atoms with Crippen LogP contribution in [0.2, 0.25) is 0 Å². The van der Waals surface area contributed by atoms with Crippen LogP contribution in [0.5, 0.6) is 11.5 Å². The average Bonchev–Trinajstić information content (AvgIpc) is 2.25. The van der Waals surface area contributed by atoms with Crippen LogP contribution >= 0.6 is 0 Å². The Bertz CT molecular complexity index is 300. The van der Waals surface area contributed by atoms with Crippen LogP contribution in [0.1, 0.15) is 26.7 Å². The molecule has 0 aliphatic carbocycles. The SMILES string of the molecule is CCCOc1ccc(OCCC)c(N)c1. The first-order valence-corrected chi connectivity index (χ1v) is 5.43. The number of rotatable bonds is 6. The highest BCUT2D eigenvalue weighted by Crippen LogP contribution is 2.26. The van der Waals surface area contributed by atoms with Crippen LogP contribution in [0.15, 0.2) is 18.2 Å². The van der Waals surface area contributed by atoms with Crippen LogP contribution in [0, 0.1) is 0 Å². The second-order valence-electron chi connectivity index (χ2n) is 3.40. The number of nitrogen functional groups attached to an aromatic ring is 1. The highest BCUT2D eigenvalue weighted by atomic mass is 16.5. The van der Waals surface area contributed by atoms with Crippen molar-refractivity contribution in [3.63, 3.8) is 0 Å². The Labute approximate surface area is 91.2 Å². The van der Waals surface area contributed by atoms with Crippen LogP contribution in [0.25, 0.3) is 0 Å². The molecule has 0 radical (unpaired) electrons. The van der Waals surface area contributed by atoms with E-state index < -0.39 is 0 Å². The predicted molar refractivity (Wildman–Crippen MR) is 62.4 cm³/mol. The number of anilines is 1. The molecule has 0 saturated carbocycles. The highest BCUT2D eigenvalue weighted by molar-refractivity contribution is 5.56. The third-order valence-electron chi connectivity index (χ3n) is 1.92. The van der Waals surface area contributed by atoms with E-state index in [9.17, 15) is 0 Å². The number of nitrogens with two attached hydrogens (primary N) is 1. The molecule has 0 amide bonds. The van der Waals surface area contributed by atoms with Crippen LogP contribution in [0.4, 0.5) is 5.69 Å². The molecule has 0 bridgehead atoms. The summed E-state index contributed by atoms with van der Waals surface area (Å²) in [5, 5.41) is 0. The zero-order valence-corrected chi connectivity index (χ0v) is 9.45. The molecule has 0 atom stereocenters. The Morgan fingerprint density at radius 3 is 2.33 bits per heavy atom. The Morgan fingerprint density at radius 2 is 1.73 bits per heavy atom. The van der Waals surface area contributed by atoms with Crippen molar-refractivity contribution in [1.29, 1.82) is 0 Å². The second kappa shape index (κ2) is 6.17. The van der Waals surface area contributed by atoms with Crippen molar-refractivity contribution in [2.24, 2.45) is 0 Å². The largest absolute Gasteiger partial charge is 0.494 e. The molecule has 0 fully saturated rings. The van der Waals surface area contributed by atoms with E-state index in [1.54, 1.807) is 6.07 Å². The fourth-order valence-corrected chi connectivity index (χ4v) is 1.18. The molecular weight excluding hydrogens is 190 g/mol. The van der Waals surface area contributed by atoms with Gasteiger partial charge >= 0.3 is 0 Å². The van der Waals surface area contributed by atoms with Crippen LogP contribution in [-0.2, 0) is 0 Å². The minimum atomic E-state index is 0.636. The molecule has 84 valence electrons. The molecule has 0 aliphatic heterocycles. The average molecular weight is 209 g/mol. The van der Waals surface area contributed by atoms with Crippen molar-refractivity contribution in [3.05, 3.63) is 18.2 Å². The van der Waals surface area contributed by atoms with E-state index >= 15 is 0 Å². The zero-order chi connectivity index (χ0) is 11.1. The third-order valence-corrected chi connectivity index (χ3v) is 1.92. The molecule has 0 aromatic heterocycles. The summed E-state index contributed by atoms with van der Waals surface area (Å²) in [6.45, 7) is 5.55. The summed E-state index contributed by atoms with van der Waals surface area (Å²) < 4.78 is 10.9. The van der Waals surface area contributed by atoms with E-state index in [1.807, 2.05) is 12.1 Å². The summed E-state index contributed by atoms with van der Waals surface area (Å²) in [5.41, 5.74) is 6.47. The van der Waals surface area contributed by atoms with Gasteiger partial charge < -0.3 is 15.2 Å². The summed E-state index contributed by atoms with van der Waals surface area (Å²) in [4.78, 5) is 0. The van der Waals surface area contributed by atoms with Gasteiger partial charge in [-0.2, -0.15) is 0 Å². The smallest absolute Gasteiger partial charge is 0.142 e. The van der Waals surface area contributed by atoms with Gasteiger partial charge in [-0.15, -0.1) is 0 Å². The summed E-state index contributed by atoms with van der Waals surface area (Å²) >= 11 is 0.